The minimum Gasteiger partial charge on any atom is -0.507 e. The van der Waals surface area contributed by atoms with Crippen LogP contribution in [0.25, 0.3) is 17.1 Å². The number of aromatic nitrogens is 3. The lowest BCUT2D eigenvalue weighted by atomic mass is 9.81. The summed E-state index contributed by atoms with van der Waals surface area (Å²) in [7, 11) is 1.68. The smallest absolute Gasteiger partial charge is 0.199 e. The summed E-state index contributed by atoms with van der Waals surface area (Å²) in [5, 5.41) is 17.5. The number of nitrogens with one attached hydrogen (secondary N) is 1. The van der Waals surface area contributed by atoms with Gasteiger partial charge in [0.1, 0.15) is 11.5 Å². The predicted octanol–water partition coefficient (Wildman–Crippen LogP) is 3.64. The zero-order valence-corrected chi connectivity index (χ0v) is 14.9. The maximum absolute atomic E-state index is 10.3. The number of anilines is 1. The largest absolute Gasteiger partial charge is 0.507 e. The van der Waals surface area contributed by atoms with E-state index in [-0.39, 0.29) is 17.6 Å². The van der Waals surface area contributed by atoms with Crippen molar-refractivity contribution in [2.24, 2.45) is 11.8 Å². The van der Waals surface area contributed by atoms with Crippen LogP contribution in [0.4, 0.5) is 5.69 Å². The second-order valence-electron chi connectivity index (χ2n) is 6.15. The molecule has 1 aromatic carbocycles. The first kappa shape index (κ1) is 16.4. The molecule has 1 aromatic heterocycles. The lowest BCUT2D eigenvalue weighted by Crippen LogP contribution is -2.23. The molecule has 132 valence electrons. The van der Waals surface area contributed by atoms with E-state index in [4.69, 9.17) is 22.7 Å². The molecule has 0 bridgehead atoms. The number of hydrogen-bond donors (Lipinski definition) is 3. The van der Waals surface area contributed by atoms with Gasteiger partial charge in [-0.25, -0.2) is 0 Å². The Hall–Kier alpha value is -3.06. The number of ether oxygens (including phenoxy) is 1. The zero-order valence-electron chi connectivity index (χ0n) is 14.1. The Morgan fingerprint density at radius 3 is 2.77 bits per heavy atom. The molecule has 2 aliphatic carbocycles. The molecule has 6 nitrogen and oxygen atoms in total. The van der Waals surface area contributed by atoms with Crippen LogP contribution in [0.15, 0.2) is 60.4 Å². The molecule has 0 aliphatic heterocycles. The van der Waals surface area contributed by atoms with Crippen molar-refractivity contribution in [3.05, 3.63) is 65.2 Å². The highest BCUT2D eigenvalue weighted by Gasteiger charge is 2.31. The van der Waals surface area contributed by atoms with Crippen LogP contribution in [0.1, 0.15) is 0 Å². The number of rotatable bonds is 3. The first-order chi connectivity index (χ1) is 12.6. The van der Waals surface area contributed by atoms with Crippen LogP contribution in [0.5, 0.6) is 5.75 Å². The molecule has 0 spiro atoms. The van der Waals surface area contributed by atoms with E-state index in [0.717, 1.165) is 11.5 Å². The molecule has 0 radical (unpaired) electrons. The van der Waals surface area contributed by atoms with E-state index in [0.29, 0.717) is 21.8 Å². The number of H-pyrrole nitrogens is 1. The van der Waals surface area contributed by atoms with Gasteiger partial charge in [-0.1, -0.05) is 24.3 Å². The molecule has 2 atom stereocenters. The van der Waals surface area contributed by atoms with E-state index < -0.39 is 0 Å². The van der Waals surface area contributed by atoms with Gasteiger partial charge in [-0.05, 0) is 36.5 Å². The average Bonchev–Trinajstić information content (AvgIpc) is 3.01. The molecule has 0 saturated carbocycles. The van der Waals surface area contributed by atoms with Crippen molar-refractivity contribution >= 4 is 23.6 Å². The summed E-state index contributed by atoms with van der Waals surface area (Å²) in [6.45, 7) is 0. The maximum atomic E-state index is 10.3. The van der Waals surface area contributed by atoms with Crippen LogP contribution in [-0.2, 0) is 4.74 Å². The number of nitrogens with two attached hydrogens (primary N) is 1. The fourth-order valence-corrected chi connectivity index (χ4v) is 3.68. The van der Waals surface area contributed by atoms with Crippen LogP contribution < -0.4 is 5.73 Å². The third-order valence-corrected chi connectivity index (χ3v) is 4.92. The van der Waals surface area contributed by atoms with E-state index >= 15 is 0 Å². The molecule has 2 aromatic rings. The Kier molecular flexibility index (Phi) is 4.00. The Bertz CT molecular complexity index is 1040. The van der Waals surface area contributed by atoms with Gasteiger partial charge in [0, 0.05) is 29.3 Å². The van der Waals surface area contributed by atoms with Crippen molar-refractivity contribution in [1.82, 2.24) is 14.8 Å². The number of phenols is 1. The van der Waals surface area contributed by atoms with E-state index in [1.807, 2.05) is 28.9 Å². The number of methoxy groups -OCH3 is 1. The van der Waals surface area contributed by atoms with Crippen LogP contribution >= 0.6 is 12.2 Å². The topological polar surface area (TPSA) is 89.1 Å². The number of allylic oxidation sites excluding steroid dienone is 7. The highest BCUT2D eigenvalue weighted by atomic mass is 32.1. The van der Waals surface area contributed by atoms with E-state index in [9.17, 15) is 5.11 Å². The van der Waals surface area contributed by atoms with Crippen LogP contribution in [0, 0.1) is 16.6 Å². The van der Waals surface area contributed by atoms with Gasteiger partial charge in [0.15, 0.2) is 10.6 Å². The van der Waals surface area contributed by atoms with Crippen LogP contribution in [-0.4, -0.2) is 27.0 Å². The average molecular weight is 366 g/mol. The number of benzene rings is 1. The summed E-state index contributed by atoms with van der Waals surface area (Å²) in [6.07, 6.45) is 12.2. The number of aromatic hydroxyl groups is 1. The molecule has 0 fully saturated rings. The molecule has 2 aliphatic rings. The second-order valence-corrected chi connectivity index (χ2v) is 6.54. The lowest BCUT2D eigenvalue weighted by molar-refractivity contribution is 0.245. The van der Waals surface area contributed by atoms with Crippen molar-refractivity contribution in [2.75, 3.05) is 12.8 Å². The van der Waals surface area contributed by atoms with Gasteiger partial charge < -0.3 is 15.6 Å². The van der Waals surface area contributed by atoms with Crippen molar-refractivity contribution in [2.45, 2.75) is 0 Å². The van der Waals surface area contributed by atoms with Crippen molar-refractivity contribution in [3.8, 4) is 17.1 Å². The summed E-state index contributed by atoms with van der Waals surface area (Å²) >= 11 is 5.48. The Morgan fingerprint density at radius 1 is 1.23 bits per heavy atom. The van der Waals surface area contributed by atoms with Gasteiger partial charge in [-0.15, -0.1) is 0 Å². The molecule has 2 unspecified atom stereocenters. The molecular weight excluding hydrogens is 348 g/mol. The normalized spacial score (nSPS) is 21.1. The lowest BCUT2D eigenvalue weighted by Gasteiger charge is -2.31. The number of fused-ring (bicyclic) bond motifs is 1. The summed E-state index contributed by atoms with van der Waals surface area (Å²) in [6, 6.07) is 4.96. The third-order valence-electron chi connectivity index (χ3n) is 4.65. The standard InChI is InChI=1S/C19H18N4O2S/c1-25-17-7-3-4-12-13(17)5-2-6-15(12)23-18(21-22-19(23)26)14-9-8-11(20)10-16(14)24/h2-10,12-13,24H,20H2,1H3,(H,22,26). The molecule has 26 heavy (non-hydrogen) atoms. The summed E-state index contributed by atoms with van der Waals surface area (Å²) in [5.74, 6) is 1.63. The first-order valence-corrected chi connectivity index (χ1v) is 8.58. The Labute approximate surface area is 155 Å². The molecule has 4 rings (SSSR count). The number of aromatic amines is 1. The molecule has 1 heterocycles. The highest BCUT2D eigenvalue weighted by Crippen LogP contribution is 2.40. The number of nitrogen functional groups attached to an aromatic ring is 1. The summed E-state index contributed by atoms with van der Waals surface area (Å²) in [4.78, 5) is 0. The SMILES string of the molecule is COC1=CC=CC2C(n3c(-c4ccc(N)cc4O)n[nH]c3=S)=CC=CC12. The molecule has 0 saturated heterocycles. The highest BCUT2D eigenvalue weighted by molar-refractivity contribution is 7.71. The van der Waals surface area contributed by atoms with Crippen molar-refractivity contribution < 1.29 is 9.84 Å². The van der Waals surface area contributed by atoms with Gasteiger partial charge in [0.25, 0.3) is 0 Å². The minimum absolute atomic E-state index is 0.0546. The van der Waals surface area contributed by atoms with Crippen molar-refractivity contribution in [1.29, 1.82) is 0 Å². The Balaban J connectivity index is 1.85. The fraction of sp³-hybridized carbons (Fsp3) is 0.158. The van der Waals surface area contributed by atoms with Crippen LogP contribution in [0.3, 0.4) is 0 Å². The van der Waals surface area contributed by atoms with Crippen LogP contribution in [0.2, 0.25) is 0 Å². The van der Waals surface area contributed by atoms with Gasteiger partial charge in [-0.3, -0.25) is 9.67 Å². The molecule has 7 heteroatoms. The van der Waals surface area contributed by atoms with Gasteiger partial charge >= 0.3 is 0 Å². The summed E-state index contributed by atoms with van der Waals surface area (Å²) < 4.78 is 7.83. The molecule has 4 N–H and O–H groups in total. The van der Waals surface area contributed by atoms with Gasteiger partial charge in [0.05, 0.1) is 12.7 Å². The number of nitrogens with zero attached hydrogens (tertiary/aromatic N) is 2. The number of phenolic OH excluding ortho intramolecular Hbond substituents is 1. The third kappa shape index (κ3) is 2.57. The minimum atomic E-state index is 0.0546. The fourth-order valence-electron chi connectivity index (χ4n) is 3.44. The van der Waals surface area contributed by atoms with E-state index in [2.05, 4.69) is 22.3 Å². The van der Waals surface area contributed by atoms with Gasteiger partial charge in [0.2, 0.25) is 0 Å². The van der Waals surface area contributed by atoms with E-state index in [1.54, 1.807) is 19.2 Å². The monoisotopic (exact) mass is 366 g/mol. The first-order valence-electron chi connectivity index (χ1n) is 8.17. The maximum Gasteiger partial charge on any atom is 0.199 e. The quantitative estimate of drug-likeness (QED) is 0.570. The number of hydrogen-bond acceptors (Lipinski definition) is 5. The zero-order chi connectivity index (χ0) is 18.3. The van der Waals surface area contributed by atoms with Gasteiger partial charge in [-0.2, -0.15) is 5.10 Å². The second kappa shape index (κ2) is 6.34. The predicted molar refractivity (Wildman–Crippen MR) is 104 cm³/mol. The molecule has 0 amide bonds. The molecular formula is C19H18N4O2S. The van der Waals surface area contributed by atoms with Crippen molar-refractivity contribution in [3.63, 3.8) is 0 Å². The van der Waals surface area contributed by atoms with E-state index in [1.165, 1.54) is 6.07 Å². The summed E-state index contributed by atoms with van der Waals surface area (Å²) in [5.41, 5.74) is 7.74. The Morgan fingerprint density at radius 2 is 2.00 bits per heavy atom.